The van der Waals surface area contributed by atoms with Gasteiger partial charge in [0, 0.05) is 19.5 Å². The highest BCUT2D eigenvalue weighted by Crippen LogP contribution is 2.19. The van der Waals surface area contributed by atoms with Crippen LogP contribution in [0.4, 0.5) is 0 Å². The lowest BCUT2D eigenvalue weighted by atomic mass is 9.96. The molecule has 1 atom stereocenters. The summed E-state index contributed by atoms with van der Waals surface area (Å²) in [6, 6.07) is 8.46. The molecule has 17 heavy (non-hydrogen) atoms. The van der Waals surface area contributed by atoms with E-state index >= 15 is 0 Å². The highest BCUT2D eigenvalue weighted by Gasteiger charge is 2.29. The summed E-state index contributed by atoms with van der Waals surface area (Å²) >= 11 is 0. The lowest BCUT2D eigenvalue weighted by Gasteiger charge is -2.40. The summed E-state index contributed by atoms with van der Waals surface area (Å²) < 4.78 is 5.37. The molecule has 1 aromatic rings. The minimum absolute atomic E-state index is 0.282. The molecule has 1 fully saturated rings. The lowest BCUT2D eigenvalue weighted by Crippen LogP contribution is -2.58. The van der Waals surface area contributed by atoms with Gasteiger partial charge >= 0.3 is 0 Å². The number of benzene rings is 1. The van der Waals surface area contributed by atoms with Crippen molar-refractivity contribution in [3.05, 3.63) is 35.4 Å². The summed E-state index contributed by atoms with van der Waals surface area (Å²) in [6.07, 6.45) is 0.889. The molecule has 2 rings (SSSR count). The van der Waals surface area contributed by atoms with Crippen LogP contribution in [0, 0.1) is 6.92 Å². The fourth-order valence-corrected chi connectivity index (χ4v) is 2.38. The van der Waals surface area contributed by atoms with E-state index < -0.39 is 0 Å². The Morgan fingerprint density at radius 3 is 2.59 bits per heavy atom. The standard InChI is InChI=1S/C14H22N2O/c1-12-5-3-4-6-13(12)11-14(2,15)16-7-9-17-10-8-16/h3-6H,7-11,15H2,1-2H3. The Balaban J connectivity index is 2.08. The molecule has 94 valence electrons. The Morgan fingerprint density at radius 1 is 1.29 bits per heavy atom. The number of morpholine rings is 1. The van der Waals surface area contributed by atoms with Gasteiger partial charge in [-0.05, 0) is 25.0 Å². The zero-order valence-corrected chi connectivity index (χ0v) is 10.8. The van der Waals surface area contributed by atoms with Gasteiger partial charge in [-0.15, -0.1) is 0 Å². The van der Waals surface area contributed by atoms with Gasteiger partial charge in [0.1, 0.15) is 0 Å². The number of rotatable bonds is 3. The highest BCUT2D eigenvalue weighted by atomic mass is 16.5. The van der Waals surface area contributed by atoms with Gasteiger partial charge in [0.25, 0.3) is 0 Å². The van der Waals surface area contributed by atoms with Crippen LogP contribution in [0.1, 0.15) is 18.1 Å². The molecule has 0 aromatic heterocycles. The van der Waals surface area contributed by atoms with E-state index in [4.69, 9.17) is 10.5 Å². The number of hydrogen-bond acceptors (Lipinski definition) is 3. The van der Waals surface area contributed by atoms with E-state index in [-0.39, 0.29) is 5.66 Å². The van der Waals surface area contributed by atoms with Gasteiger partial charge in [-0.25, -0.2) is 0 Å². The molecule has 1 aliphatic rings. The van der Waals surface area contributed by atoms with Gasteiger partial charge in [-0.3, -0.25) is 4.90 Å². The van der Waals surface area contributed by atoms with E-state index in [1.165, 1.54) is 11.1 Å². The molecule has 0 saturated carbocycles. The molecule has 0 bridgehead atoms. The largest absolute Gasteiger partial charge is 0.379 e. The fourth-order valence-electron chi connectivity index (χ4n) is 2.38. The van der Waals surface area contributed by atoms with Crippen molar-refractivity contribution in [2.45, 2.75) is 25.9 Å². The maximum Gasteiger partial charge on any atom is 0.0701 e. The second kappa shape index (κ2) is 5.17. The Hall–Kier alpha value is -0.900. The first-order valence-electron chi connectivity index (χ1n) is 6.26. The van der Waals surface area contributed by atoms with Crippen molar-refractivity contribution in [3.8, 4) is 0 Å². The molecule has 1 aromatic carbocycles. The first-order valence-corrected chi connectivity index (χ1v) is 6.26. The summed E-state index contributed by atoms with van der Waals surface area (Å²) in [4.78, 5) is 2.32. The minimum Gasteiger partial charge on any atom is -0.379 e. The number of nitrogens with zero attached hydrogens (tertiary/aromatic N) is 1. The molecule has 1 saturated heterocycles. The Bertz CT molecular complexity index is 370. The summed E-state index contributed by atoms with van der Waals surface area (Å²) in [5.74, 6) is 0. The molecule has 1 unspecified atom stereocenters. The second-order valence-corrected chi connectivity index (χ2v) is 5.06. The first-order chi connectivity index (χ1) is 8.09. The third-order valence-electron chi connectivity index (χ3n) is 3.54. The quantitative estimate of drug-likeness (QED) is 0.862. The summed E-state index contributed by atoms with van der Waals surface area (Å²) in [6.45, 7) is 7.70. The van der Waals surface area contributed by atoms with Crippen LogP contribution in [-0.2, 0) is 11.2 Å². The molecular formula is C14H22N2O. The average Bonchev–Trinajstić information content (AvgIpc) is 2.33. The minimum atomic E-state index is -0.282. The van der Waals surface area contributed by atoms with Crippen molar-refractivity contribution in [1.82, 2.24) is 4.90 Å². The molecule has 1 aliphatic heterocycles. The van der Waals surface area contributed by atoms with Gasteiger partial charge in [0.05, 0.1) is 18.9 Å². The monoisotopic (exact) mass is 234 g/mol. The van der Waals surface area contributed by atoms with E-state index in [0.29, 0.717) is 0 Å². The van der Waals surface area contributed by atoms with E-state index in [9.17, 15) is 0 Å². The maximum absolute atomic E-state index is 6.46. The zero-order valence-electron chi connectivity index (χ0n) is 10.8. The fraction of sp³-hybridized carbons (Fsp3) is 0.571. The number of hydrogen-bond donors (Lipinski definition) is 1. The number of ether oxygens (including phenoxy) is 1. The van der Waals surface area contributed by atoms with Crippen LogP contribution in [0.25, 0.3) is 0 Å². The molecule has 3 heteroatoms. The predicted octanol–water partition coefficient (Wildman–Crippen LogP) is 1.54. The summed E-state index contributed by atoms with van der Waals surface area (Å²) in [5, 5.41) is 0. The number of nitrogens with two attached hydrogens (primary N) is 1. The molecule has 0 spiro atoms. The Kier molecular flexibility index (Phi) is 3.82. The van der Waals surface area contributed by atoms with Crippen LogP contribution in [0.5, 0.6) is 0 Å². The molecule has 1 heterocycles. The van der Waals surface area contributed by atoms with Crippen molar-refractivity contribution in [3.63, 3.8) is 0 Å². The topological polar surface area (TPSA) is 38.5 Å². The van der Waals surface area contributed by atoms with Crippen LogP contribution in [0.3, 0.4) is 0 Å². The average molecular weight is 234 g/mol. The third kappa shape index (κ3) is 3.06. The van der Waals surface area contributed by atoms with Crippen molar-refractivity contribution < 1.29 is 4.74 Å². The summed E-state index contributed by atoms with van der Waals surface area (Å²) in [7, 11) is 0. The lowest BCUT2D eigenvalue weighted by molar-refractivity contribution is -0.0142. The van der Waals surface area contributed by atoms with Gasteiger partial charge in [0.2, 0.25) is 0 Å². The van der Waals surface area contributed by atoms with Crippen LogP contribution in [-0.4, -0.2) is 36.9 Å². The van der Waals surface area contributed by atoms with Crippen molar-refractivity contribution in [2.75, 3.05) is 26.3 Å². The predicted molar refractivity (Wildman–Crippen MR) is 69.9 cm³/mol. The zero-order chi connectivity index (χ0) is 12.3. The van der Waals surface area contributed by atoms with Crippen molar-refractivity contribution in [2.24, 2.45) is 5.73 Å². The molecule has 2 N–H and O–H groups in total. The molecule has 3 nitrogen and oxygen atoms in total. The van der Waals surface area contributed by atoms with Crippen LogP contribution >= 0.6 is 0 Å². The van der Waals surface area contributed by atoms with Gasteiger partial charge in [-0.2, -0.15) is 0 Å². The summed E-state index contributed by atoms with van der Waals surface area (Å²) in [5.41, 5.74) is 8.84. The smallest absolute Gasteiger partial charge is 0.0701 e. The van der Waals surface area contributed by atoms with E-state index in [1.807, 2.05) is 0 Å². The molecule has 0 aliphatic carbocycles. The van der Waals surface area contributed by atoms with E-state index in [0.717, 1.165) is 32.7 Å². The number of aryl methyl sites for hydroxylation is 1. The highest BCUT2D eigenvalue weighted by molar-refractivity contribution is 5.27. The van der Waals surface area contributed by atoms with Crippen LogP contribution < -0.4 is 5.73 Å². The van der Waals surface area contributed by atoms with Crippen molar-refractivity contribution in [1.29, 1.82) is 0 Å². The normalized spacial score (nSPS) is 21.1. The molecule has 0 radical (unpaired) electrons. The maximum atomic E-state index is 6.46. The van der Waals surface area contributed by atoms with Crippen LogP contribution in [0.2, 0.25) is 0 Å². The van der Waals surface area contributed by atoms with Gasteiger partial charge in [0.15, 0.2) is 0 Å². The van der Waals surface area contributed by atoms with E-state index in [2.05, 4.69) is 43.0 Å². The second-order valence-electron chi connectivity index (χ2n) is 5.06. The first kappa shape index (κ1) is 12.6. The molecule has 0 amide bonds. The van der Waals surface area contributed by atoms with Crippen molar-refractivity contribution >= 4 is 0 Å². The van der Waals surface area contributed by atoms with E-state index in [1.54, 1.807) is 0 Å². The Labute approximate surface area is 104 Å². The van der Waals surface area contributed by atoms with Gasteiger partial charge < -0.3 is 10.5 Å². The Morgan fingerprint density at radius 2 is 1.94 bits per heavy atom. The SMILES string of the molecule is Cc1ccccc1CC(C)(N)N1CCOCC1. The molecular weight excluding hydrogens is 212 g/mol. The third-order valence-corrected chi connectivity index (χ3v) is 3.54. The van der Waals surface area contributed by atoms with Crippen LogP contribution in [0.15, 0.2) is 24.3 Å². The van der Waals surface area contributed by atoms with Gasteiger partial charge in [-0.1, -0.05) is 24.3 Å².